The van der Waals surface area contributed by atoms with E-state index in [9.17, 15) is 4.79 Å². The predicted molar refractivity (Wildman–Crippen MR) is 85.4 cm³/mol. The average molecular weight is 304 g/mol. The number of H-pyrrole nitrogens is 1. The molecule has 1 aromatic heterocycles. The topological polar surface area (TPSA) is 70.7 Å². The number of thioether (sulfide) groups is 1. The van der Waals surface area contributed by atoms with Crippen LogP contribution in [0.3, 0.4) is 0 Å². The number of aromatic nitrogens is 3. The number of anilines is 1. The fraction of sp³-hybridized carbons (Fsp3) is 0.400. The van der Waals surface area contributed by atoms with E-state index in [0.717, 1.165) is 24.2 Å². The van der Waals surface area contributed by atoms with Crippen molar-refractivity contribution < 1.29 is 4.79 Å². The molecule has 2 N–H and O–H groups in total. The number of aryl methyl sites for hydroxylation is 1. The van der Waals surface area contributed by atoms with E-state index < -0.39 is 0 Å². The number of nitrogens with zero attached hydrogens (tertiary/aromatic N) is 2. The Morgan fingerprint density at radius 3 is 2.76 bits per heavy atom. The summed E-state index contributed by atoms with van der Waals surface area (Å²) in [5.74, 6) is 0.358. The van der Waals surface area contributed by atoms with E-state index in [1.54, 1.807) is 11.8 Å². The normalized spacial score (nSPS) is 12.1. The van der Waals surface area contributed by atoms with Gasteiger partial charge in [-0.1, -0.05) is 37.5 Å². The molecule has 6 heteroatoms. The van der Waals surface area contributed by atoms with Crippen LogP contribution in [-0.2, 0) is 4.79 Å². The van der Waals surface area contributed by atoms with Crippen LogP contribution >= 0.6 is 11.8 Å². The molecule has 0 aliphatic rings. The van der Waals surface area contributed by atoms with Crippen molar-refractivity contribution in [3.05, 3.63) is 36.2 Å². The van der Waals surface area contributed by atoms with Gasteiger partial charge in [-0.3, -0.25) is 10.1 Å². The SMILES string of the molecule is CCCCC(Sc1ccc(C)cc1)C(=O)Nc1ncn[nH]1. The van der Waals surface area contributed by atoms with Crippen LogP contribution in [0.1, 0.15) is 31.7 Å². The second-order valence-corrected chi connectivity index (χ2v) is 6.16. The lowest BCUT2D eigenvalue weighted by Crippen LogP contribution is -2.25. The third-order valence-corrected chi connectivity index (χ3v) is 4.35. The second kappa shape index (κ2) is 7.83. The summed E-state index contributed by atoms with van der Waals surface area (Å²) in [5.41, 5.74) is 1.22. The number of amides is 1. The summed E-state index contributed by atoms with van der Waals surface area (Å²) < 4.78 is 0. The Hall–Kier alpha value is -1.82. The van der Waals surface area contributed by atoms with Gasteiger partial charge in [-0.15, -0.1) is 11.8 Å². The van der Waals surface area contributed by atoms with Gasteiger partial charge in [0.1, 0.15) is 6.33 Å². The molecular formula is C15H20N4OS. The first-order chi connectivity index (χ1) is 10.2. The highest BCUT2D eigenvalue weighted by Crippen LogP contribution is 2.27. The number of carbonyl (C=O) groups excluding carboxylic acids is 1. The lowest BCUT2D eigenvalue weighted by atomic mass is 10.2. The first-order valence-electron chi connectivity index (χ1n) is 7.08. The Morgan fingerprint density at radius 1 is 1.38 bits per heavy atom. The van der Waals surface area contributed by atoms with Crippen LogP contribution in [0.5, 0.6) is 0 Å². The van der Waals surface area contributed by atoms with Crippen molar-refractivity contribution in [2.45, 2.75) is 43.3 Å². The summed E-state index contributed by atoms with van der Waals surface area (Å²) in [6.07, 6.45) is 4.31. The maximum Gasteiger partial charge on any atom is 0.240 e. The van der Waals surface area contributed by atoms with Crippen LogP contribution in [0.15, 0.2) is 35.5 Å². The first kappa shape index (κ1) is 15.6. The third-order valence-electron chi connectivity index (χ3n) is 3.07. The molecule has 0 spiro atoms. The van der Waals surface area contributed by atoms with Crippen molar-refractivity contribution in [3.8, 4) is 0 Å². The number of hydrogen-bond donors (Lipinski definition) is 2. The lowest BCUT2D eigenvalue weighted by molar-refractivity contribution is -0.115. The quantitative estimate of drug-likeness (QED) is 0.769. The van der Waals surface area contributed by atoms with Crippen molar-refractivity contribution in [2.75, 3.05) is 5.32 Å². The maximum absolute atomic E-state index is 12.4. The van der Waals surface area contributed by atoms with Crippen molar-refractivity contribution in [1.82, 2.24) is 15.2 Å². The molecule has 1 atom stereocenters. The molecule has 21 heavy (non-hydrogen) atoms. The molecule has 2 rings (SSSR count). The van der Waals surface area contributed by atoms with Gasteiger partial charge in [-0.25, -0.2) is 5.10 Å². The van der Waals surface area contributed by atoms with Crippen molar-refractivity contribution in [1.29, 1.82) is 0 Å². The van der Waals surface area contributed by atoms with Gasteiger partial charge in [0.15, 0.2) is 0 Å². The molecule has 1 amide bonds. The highest BCUT2D eigenvalue weighted by molar-refractivity contribution is 8.00. The summed E-state index contributed by atoms with van der Waals surface area (Å²) in [5, 5.41) is 9.03. The van der Waals surface area contributed by atoms with Gasteiger partial charge in [0, 0.05) is 4.90 Å². The van der Waals surface area contributed by atoms with Crippen molar-refractivity contribution in [2.24, 2.45) is 0 Å². The van der Waals surface area contributed by atoms with Gasteiger partial charge in [-0.05, 0) is 25.5 Å². The second-order valence-electron chi connectivity index (χ2n) is 4.89. The van der Waals surface area contributed by atoms with Crippen LogP contribution < -0.4 is 5.32 Å². The Bertz CT molecular complexity index is 554. The molecule has 1 heterocycles. The third kappa shape index (κ3) is 4.90. The van der Waals surface area contributed by atoms with E-state index in [-0.39, 0.29) is 11.2 Å². The van der Waals surface area contributed by atoms with Crippen LogP contribution in [0.25, 0.3) is 0 Å². The van der Waals surface area contributed by atoms with Gasteiger partial charge in [0.2, 0.25) is 11.9 Å². The average Bonchev–Trinajstić information content (AvgIpc) is 2.98. The molecule has 0 aliphatic heterocycles. The zero-order chi connectivity index (χ0) is 15.1. The zero-order valence-corrected chi connectivity index (χ0v) is 13.1. The summed E-state index contributed by atoms with van der Waals surface area (Å²) in [4.78, 5) is 17.4. The van der Waals surface area contributed by atoms with Crippen LogP contribution in [0, 0.1) is 6.92 Å². The number of nitrogens with one attached hydrogen (secondary N) is 2. The van der Waals surface area contributed by atoms with Crippen LogP contribution in [0.4, 0.5) is 5.95 Å². The predicted octanol–water partition coefficient (Wildman–Crippen LogP) is 3.40. The summed E-state index contributed by atoms with van der Waals surface area (Å²) in [6, 6.07) is 8.24. The number of unbranched alkanes of at least 4 members (excludes halogenated alkanes) is 1. The van der Waals surface area contributed by atoms with Crippen molar-refractivity contribution >= 4 is 23.6 Å². The van der Waals surface area contributed by atoms with Crippen molar-refractivity contribution in [3.63, 3.8) is 0 Å². The molecule has 0 aliphatic carbocycles. The van der Waals surface area contributed by atoms with Gasteiger partial charge in [-0.2, -0.15) is 10.1 Å². The van der Waals surface area contributed by atoms with Crippen LogP contribution in [0.2, 0.25) is 0 Å². The highest BCUT2D eigenvalue weighted by Gasteiger charge is 2.20. The van der Waals surface area contributed by atoms with Gasteiger partial charge in [0.25, 0.3) is 0 Å². The summed E-state index contributed by atoms with van der Waals surface area (Å²) in [6.45, 7) is 4.18. The minimum absolute atomic E-state index is 0.0363. The number of hydrogen-bond acceptors (Lipinski definition) is 4. The largest absolute Gasteiger partial charge is 0.294 e. The molecule has 1 unspecified atom stereocenters. The van der Waals surface area contributed by atoms with E-state index >= 15 is 0 Å². The molecule has 5 nitrogen and oxygen atoms in total. The Balaban J connectivity index is 2.02. The summed E-state index contributed by atoms with van der Waals surface area (Å²) in [7, 11) is 0. The number of rotatable bonds is 7. The Morgan fingerprint density at radius 2 is 2.14 bits per heavy atom. The molecule has 0 radical (unpaired) electrons. The number of aromatic amines is 1. The first-order valence-corrected chi connectivity index (χ1v) is 7.96. The Labute approximate surface area is 128 Å². The maximum atomic E-state index is 12.4. The number of benzene rings is 1. The smallest absolute Gasteiger partial charge is 0.240 e. The molecule has 0 saturated heterocycles. The standard InChI is InChI=1S/C15H20N4OS/c1-3-4-5-13(14(20)18-15-16-10-17-19-15)21-12-8-6-11(2)7-9-12/h6-10,13H,3-5H2,1-2H3,(H2,16,17,18,19,20). The van der Waals surface area contributed by atoms with E-state index in [4.69, 9.17) is 0 Å². The number of carbonyl (C=O) groups is 1. The lowest BCUT2D eigenvalue weighted by Gasteiger charge is -2.15. The van der Waals surface area contributed by atoms with E-state index in [1.165, 1.54) is 11.9 Å². The molecule has 0 bridgehead atoms. The monoisotopic (exact) mass is 304 g/mol. The Kier molecular flexibility index (Phi) is 5.80. The van der Waals surface area contributed by atoms with Gasteiger partial charge >= 0.3 is 0 Å². The van der Waals surface area contributed by atoms with Crippen LogP contribution in [-0.4, -0.2) is 26.3 Å². The molecule has 112 valence electrons. The fourth-order valence-electron chi connectivity index (χ4n) is 1.88. The van der Waals surface area contributed by atoms with E-state index in [1.807, 2.05) is 0 Å². The molecule has 1 aromatic carbocycles. The van der Waals surface area contributed by atoms with Gasteiger partial charge < -0.3 is 0 Å². The minimum Gasteiger partial charge on any atom is -0.294 e. The highest BCUT2D eigenvalue weighted by atomic mass is 32.2. The zero-order valence-electron chi connectivity index (χ0n) is 12.3. The van der Waals surface area contributed by atoms with E-state index in [2.05, 4.69) is 58.6 Å². The van der Waals surface area contributed by atoms with E-state index in [0.29, 0.717) is 5.95 Å². The fourth-order valence-corrected chi connectivity index (χ4v) is 2.95. The molecule has 2 aromatic rings. The summed E-state index contributed by atoms with van der Waals surface area (Å²) >= 11 is 1.59. The molecule has 0 fully saturated rings. The minimum atomic E-state index is -0.127. The molecular weight excluding hydrogens is 284 g/mol. The molecule has 0 saturated carbocycles. The van der Waals surface area contributed by atoms with Gasteiger partial charge in [0.05, 0.1) is 5.25 Å².